The Labute approximate surface area is 97.7 Å². The summed E-state index contributed by atoms with van der Waals surface area (Å²) in [6, 6.07) is 0. The highest BCUT2D eigenvalue weighted by molar-refractivity contribution is 7.16. The van der Waals surface area contributed by atoms with E-state index < -0.39 is 0 Å². The lowest BCUT2D eigenvalue weighted by Gasteiger charge is -2.19. The molecule has 0 atom stereocenters. The SMILES string of the molecule is CCc1nnc2sc(C3(N)CCCC3)nn12. The van der Waals surface area contributed by atoms with Gasteiger partial charge >= 0.3 is 0 Å². The molecule has 86 valence electrons. The second kappa shape index (κ2) is 3.49. The number of aryl methyl sites for hydroxylation is 1. The van der Waals surface area contributed by atoms with Gasteiger partial charge in [0.2, 0.25) is 4.96 Å². The van der Waals surface area contributed by atoms with Gasteiger partial charge in [-0.25, -0.2) is 0 Å². The van der Waals surface area contributed by atoms with Crippen molar-refractivity contribution in [3.05, 3.63) is 10.8 Å². The maximum absolute atomic E-state index is 6.38. The van der Waals surface area contributed by atoms with E-state index in [0.717, 1.165) is 35.1 Å². The summed E-state index contributed by atoms with van der Waals surface area (Å²) in [5.41, 5.74) is 6.17. The molecule has 0 bridgehead atoms. The maximum atomic E-state index is 6.38. The number of rotatable bonds is 2. The molecule has 0 radical (unpaired) electrons. The average Bonchev–Trinajstić information content (AvgIpc) is 2.91. The zero-order chi connectivity index (χ0) is 11.2. The molecule has 0 unspecified atom stereocenters. The lowest BCUT2D eigenvalue weighted by molar-refractivity contribution is 0.452. The van der Waals surface area contributed by atoms with Crippen LogP contribution < -0.4 is 5.73 Å². The van der Waals surface area contributed by atoms with E-state index in [1.165, 1.54) is 12.8 Å². The molecule has 1 fully saturated rings. The molecule has 16 heavy (non-hydrogen) atoms. The van der Waals surface area contributed by atoms with E-state index in [1.807, 2.05) is 4.52 Å². The number of nitrogens with two attached hydrogens (primary N) is 1. The molecule has 0 aliphatic heterocycles. The standard InChI is InChI=1S/C10H15N5S/c1-2-7-12-13-9-15(7)14-8(16-9)10(11)5-3-4-6-10/h2-6,11H2,1H3. The Bertz CT molecular complexity index is 508. The Morgan fingerprint density at radius 1 is 1.38 bits per heavy atom. The molecule has 1 aliphatic carbocycles. The largest absolute Gasteiger partial charge is 0.319 e. The van der Waals surface area contributed by atoms with Crippen LogP contribution in [-0.2, 0) is 12.0 Å². The topological polar surface area (TPSA) is 69.1 Å². The molecule has 6 heteroatoms. The van der Waals surface area contributed by atoms with Crippen molar-refractivity contribution in [1.29, 1.82) is 0 Å². The first-order valence-corrected chi connectivity index (χ1v) is 6.55. The first-order valence-electron chi connectivity index (χ1n) is 5.73. The van der Waals surface area contributed by atoms with Gasteiger partial charge in [-0.1, -0.05) is 31.1 Å². The van der Waals surface area contributed by atoms with Crippen molar-refractivity contribution in [3.63, 3.8) is 0 Å². The van der Waals surface area contributed by atoms with Crippen LogP contribution in [0.2, 0.25) is 0 Å². The van der Waals surface area contributed by atoms with Gasteiger partial charge in [0, 0.05) is 6.42 Å². The molecule has 0 aromatic carbocycles. The minimum atomic E-state index is -0.212. The minimum Gasteiger partial charge on any atom is -0.319 e. The molecule has 0 saturated heterocycles. The van der Waals surface area contributed by atoms with E-state index in [-0.39, 0.29) is 5.54 Å². The molecule has 1 saturated carbocycles. The summed E-state index contributed by atoms with van der Waals surface area (Å²) in [5, 5.41) is 13.8. The molecule has 5 nitrogen and oxygen atoms in total. The Morgan fingerprint density at radius 2 is 2.12 bits per heavy atom. The Kier molecular flexibility index (Phi) is 2.22. The highest BCUT2D eigenvalue weighted by Gasteiger charge is 2.35. The second-order valence-corrected chi connectivity index (χ2v) is 5.39. The van der Waals surface area contributed by atoms with Crippen molar-refractivity contribution >= 4 is 16.3 Å². The highest BCUT2D eigenvalue weighted by atomic mass is 32.1. The van der Waals surface area contributed by atoms with Crippen LogP contribution in [0.5, 0.6) is 0 Å². The van der Waals surface area contributed by atoms with Gasteiger partial charge in [-0.2, -0.15) is 9.61 Å². The summed E-state index contributed by atoms with van der Waals surface area (Å²) in [6.07, 6.45) is 5.34. The summed E-state index contributed by atoms with van der Waals surface area (Å²) >= 11 is 1.58. The van der Waals surface area contributed by atoms with Crippen LogP contribution in [0.1, 0.15) is 43.4 Å². The fraction of sp³-hybridized carbons (Fsp3) is 0.700. The summed E-state index contributed by atoms with van der Waals surface area (Å²) in [4.78, 5) is 0.864. The van der Waals surface area contributed by atoms with Crippen LogP contribution in [0, 0.1) is 0 Å². The van der Waals surface area contributed by atoms with Gasteiger partial charge in [0.05, 0.1) is 5.54 Å². The van der Waals surface area contributed by atoms with Crippen molar-refractivity contribution in [3.8, 4) is 0 Å². The quantitative estimate of drug-likeness (QED) is 0.859. The molecule has 0 spiro atoms. The zero-order valence-electron chi connectivity index (χ0n) is 9.31. The van der Waals surface area contributed by atoms with Crippen LogP contribution in [0.15, 0.2) is 0 Å². The molecule has 2 aromatic rings. The Hall–Kier alpha value is -1.01. The molecular weight excluding hydrogens is 222 g/mol. The van der Waals surface area contributed by atoms with Gasteiger partial charge in [0.25, 0.3) is 0 Å². The molecule has 3 rings (SSSR count). The average molecular weight is 237 g/mol. The third-order valence-electron chi connectivity index (χ3n) is 3.29. The first kappa shape index (κ1) is 10.2. The summed E-state index contributed by atoms with van der Waals surface area (Å²) in [5.74, 6) is 0.916. The van der Waals surface area contributed by atoms with E-state index in [4.69, 9.17) is 5.73 Å². The summed E-state index contributed by atoms with van der Waals surface area (Å²) in [6.45, 7) is 2.06. The third-order valence-corrected chi connectivity index (χ3v) is 4.41. The van der Waals surface area contributed by atoms with Gasteiger partial charge in [0.1, 0.15) is 5.01 Å². The van der Waals surface area contributed by atoms with E-state index >= 15 is 0 Å². The van der Waals surface area contributed by atoms with Gasteiger partial charge in [-0.15, -0.1) is 10.2 Å². The first-order chi connectivity index (χ1) is 7.73. The van der Waals surface area contributed by atoms with E-state index in [2.05, 4.69) is 22.2 Å². The predicted octanol–water partition coefficient (Wildman–Crippen LogP) is 1.48. The Morgan fingerprint density at radius 3 is 2.81 bits per heavy atom. The van der Waals surface area contributed by atoms with Crippen molar-refractivity contribution in [2.75, 3.05) is 0 Å². The van der Waals surface area contributed by atoms with E-state index in [0.29, 0.717) is 0 Å². The highest BCUT2D eigenvalue weighted by Crippen LogP contribution is 2.38. The van der Waals surface area contributed by atoms with Crippen LogP contribution >= 0.6 is 11.3 Å². The van der Waals surface area contributed by atoms with Gasteiger partial charge in [-0.3, -0.25) is 0 Å². The van der Waals surface area contributed by atoms with Crippen molar-refractivity contribution in [2.45, 2.75) is 44.6 Å². The van der Waals surface area contributed by atoms with E-state index in [9.17, 15) is 0 Å². The molecule has 0 amide bonds. The molecule has 2 N–H and O–H groups in total. The van der Waals surface area contributed by atoms with Crippen LogP contribution in [0.25, 0.3) is 4.96 Å². The van der Waals surface area contributed by atoms with Crippen LogP contribution in [-0.4, -0.2) is 19.8 Å². The maximum Gasteiger partial charge on any atom is 0.234 e. The lowest BCUT2D eigenvalue weighted by atomic mass is 10.0. The van der Waals surface area contributed by atoms with Gasteiger partial charge < -0.3 is 5.73 Å². The molecule has 2 aromatic heterocycles. The smallest absolute Gasteiger partial charge is 0.234 e. The zero-order valence-corrected chi connectivity index (χ0v) is 10.1. The number of fused-ring (bicyclic) bond motifs is 1. The lowest BCUT2D eigenvalue weighted by Crippen LogP contribution is -2.33. The van der Waals surface area contributed by atoms with Crippen molar-refractivity contribution < 1.29 is 0 Å². The molecule has 1 aliphatic rings. The minimum absolute atomic E-state index is 0.212. The number of hydrogen-bond donors (Lipinski definition) is 1. The normalized spacial score (nSPS) is 19.6. The predicted molar refractivity (Wildman–Crippen MR) is 62.4 cm³/mol. The van der Waals surface area contributed by atoms with E-state index in [1.54, 1.807) is 11.3 Å². The molecular formula is C10H15N5S. The fourth-order valence-corrected chi connectivity index (χ4v) is 3.32. The number of hydrogen-bond acceptors (Lipinski definition) is 5. The summed E-state index contributed by atoms with van der Waals surface area (Å²) in [7, 11) is 0. The summed E-state index contributed by atoms with van der Waals surface area (Å²) < 4.78 is 1.84. The molecule has 2 heterocycles. The van der Waals surface area contributed by atoms with Crippen molar-refractivity contribution in [1.82, 2.24) is 19.8 Å². The Balaban J connectivity index is 2.08. The fourth-order valence-electron chi connectivity index (χ4n) is 2.30. The third kappa shape index (κ3) is 1.36. The van der Waals surface area contributed by atoms with Gasteiger partial charge in [-0.05, 0) is 12.8 Å². The second-order valence-electron chi connectivity index (χ2n) is 4.43. The van der Waals surface area contributed by atoms with Crippen molar-refractivity contribution in [2.24, 2.45) is 5.73 Å². The number of aromatic nitrogens is 4. The van der Waals surface area contributed by atoms with Crippen LogP contribution in [0.3, 0.4) is 0 Å². The number of nitrogens with zero attached hydrogens (tertiary/aromatic N) is 4. The monoisotopic (exact) mass is 237 g/mol. The van der Waals surface area contributed by atoms with Gasteiger partial charge in [0.15, 0.2) is 5.82 Å². The van der Waals surface area contributed by atoms with Crippen LogP contribution in [0.4, 0.5) is 0 Å².